The third-order valence-electron chi connectivity index (χ3n) is 2.73. The SMILES string of the molecule is CNCCc1nc2c(s1)CCCCC2. The van der Waals surface area contributed by atoms with Crippen LogP contribution in [0.3, 0.4) is 0 Å². The molecule has 0 atom stereocenters. The van der Waals surface area contributed by atoms with Crippen LogP contribution in [0, 0.1) is 0 Å². The maximum atomic E-state index is 4.73. The van der Waals surface area contributed by atoms with Gasteiger partial charge in [0, 0.05) is 17.8 Å². The van der Waals surface area contributed by atoms with E-state index in [4.69, 9.17) is 4.98 Å². The Bertz CT molecular complexity index is 270. The Labute approximate surface area is 89.8 Å². The van der Waals surface area contributed by atoms with E-state index < -0.39 is 0 Å². The lowest BCUT2D eigenvalue weighted by Gasteiger charge is -1.94. The van der Waals surface area contributed by atoms with Crippen molar-refractivity contribution in [3.05, 3.63) is 15.6 Å². The molecule has 1 aliphatic carbocycles. The van der Waals surface area contributed by atoms with Crippen molar-refractivity contribution in [2.75, 3.05) is 13.6 Å². The minimum atomic E-state index is 1.05. The molecule has 0 aliphatic heterocycles. The Morgan fingerprint density at radius 1 is 1.29 bits per heavy atom. The van der Waals surface area contributed by atoms with Crippen molar-refractivity contribution in [2.24, 2.45) is 0 Å². The number of rotatable bonds is 3. The topological polar surface area (TPSA) is 24.9 Å². The zero-order valence-corrected chi connectivity index (χ0v) is 9.62. The van der Waals surface area contributed by atoms with E-state index in [1.54, 1.807) is 4.88 Å². The van der Waals surface area contributed by atoms with Gasteiger partial charge >= 0.3 is 0 Å². The molecular weight excluding hydrogens is 192 g/mol. The average Bonchev–Trinajstić information content (AvgIpc) is 2.46. The lowest BCUT2D eigenvalue weighted by atomic mass is 10.2. The molecule has 1 aliphatic rings. The van der Waals surface area contributed by atoms with Gasteiger partial charge in [0.05, 0.1) is 10.7 Å². The van der Waals surface area contributed by atoms with Gasteiger partial charge < -0.3 is 5.32 Å². The highest BCUT2D eigenvalue weighted by atomic mass is 32.1. The second kappa shape index (κ2) is 4.89. The zero-order chi connectivity index (χ0) is 9.80. The van der Waals surface area contributed by atoms with Crippen molar-refractivity contribution in [1.82, 2.24) is 10.3 Å². The summed E-state index contributed by atoms with van der Waals surface area (Å²) < 4.78 is 0. The molecule has 0 fully saturated rings. The summed E-state index contributed by atoms with van der Waals surface area (Å²) >= 11 is 1.94. The third-order valence-corrected chi connectivity index (χ3v) is 3.95. The molecule has 2 rings (SSSR count). The van der Waals surface area contributed by atoms with Gasteiger partial charge in [0.1, 0.15) is 0 Å². The van der Waals surface area contributed by atoms with Crippen LogP contribution in [-0.4, -0.2) is 18.6 Å². The third kappa shape index (κ3) is 2.34. The molecule has 14 heavy (non-hydrogen) atoms. The Morgan fingerprint density at radius 3 is 3.00 bits per heavy atom. The molecule has 0 unspecified atom stereocenters. The summed E-state index contributed by atoms with van der Waals surface area (Å²) in [6, 6.07) is 0. The van der Waals surface area contributed by atoms with Gasteiger partial charge in [-0.15, -0.1) is 11.3 Å². The number of likely N-dealkylation sites (N-methyl/N-ethyl adjacent to an activating group) is 1. The highest BCUT2D eigenvalue weighted by molar-refractivity contribution is 7.11. The minimum Gasteiger partial charge on any atom is -0.319 e. The van der Waals surface area contributed by atoms with E-state index in [2.05, 4.69) is 5.32 Å². The minimum absolute atomic E-state index is 1.05. The summed E-state index contributed by atoms with van der Waals surface area (Å²) in [5.41, 5.74) is 1.40. The quantitative estimate of drug-likeness (QED) is 0.773. The number of aryl methyl sites for hydroxylation is 2. The van der Waals surface area contributed by atoms with Crippen molar-refractivity contribution >= 4 is 11.3 Å². The smallest absolute Gasteiger partial charge is 0.0943 e. The number of aromatic nitrogens is 1. The maximum absolute atomic E-state index is 4.73. The average molecular weight is 210 g/mol. The molecule has 0 bridgehead atoms. The number of hydrogen-bond acceptors (Lipinski definition) is 3. The number of nitrogens with zero attached hydrogens (tertiary/aromatic N) is 1. The molecule has 1 N–H and O–H groups in total. The lowest BCUT2D eigenvalue weighted by Crippen LogP contribution is -2.10. The molecule has 0 aromatic carbocycles. The molecule has 1 heterocycles. The second-order valence-electron chi connectivity index (χ2n) is 3.89. The van der Waals surface area contributed by atoms with Gasteiger partial charge in [-0.3, -0.25) is 0 Å². The van der Waals surface area contributed by atoms with Crippen molar-refractivity contribution in [3.63, 3.8) is 0 Å². The summed E-state index contributed by atoms with van der Waals surface area (Å²) in [6.07, 6.45) is 7.66. The number of nitrogens with one attached hydrogen (secondary N) is 1. The summed E-state index contributed by atoms with van der Waals surface area (Å²) in [6.45, 7) is 1.05. The van der Waals surface area contributed by atoms with Crippen molar-refractivity contribution in [3.8, 4) is 0 Å². The fraction of sp³-hybridized carbons (Fsp3) is 0.727. The second-order valence-corrected chi connectivity index (χ2v) is 5.06. The predicted octanol–water partition coefficient (Wildman–Crippen LogP) is 2.17. The molecule has 1 aromatic heterocycles. The van der Waals surface area contributed by atoms with Crippen LogP contribution in [0.1, 0.15) is 34.8 Å². The number of hydrogen-bond donors (Lipinski definition) is 1. The molecule has 2 nitrogen and oxygen atoms in total. The van der Waals surface area contributed by atoms with Crippen LogP contribution in [0.4, 0.5) is 0 Å². The Kier molecular flexibility index (Phi) is 3.54. The first kappa shape index (κ1) is 10.1. The normalized spacial score (nSPS) is 16.4. The van der Waals surface area contributed by atoms with Crippen LogP contribution in [0.15, 0.2) is 0 Å². The largest absolute Gasteiger partial charge is 0.319 e. The van der Waals surface area contributed by atoms with Gasteiger partial charge in [-0.05, 0) is 32.7 Å². The van der Waals surface area contributed by atoms with Gasteiger partial charge in [-0.25, -0.2) is 4.98 Å². The van der Waals surface area contributed by atoms with Crippen molar-refractivity contribution in [1.29, 1.82) is 0 Å². The molecule has 0 saturated heterocycles. The predicted molar refractivity (Wildman–Crippen MR) is 61.0 cm³/mol. The Hall–Kier alpha value is -0.410. The first-order chi connectivity index (χ1) is 6.90. The van der Waals surface area contributed by atoms with Gasteiger partial charge in [-0.2, -0.15) is 0 Å². The van der Waals surface area contributed by atoms with Crippen LogP contribution in [-0.2, 0) is 19.3 Å². The van der Waals surface area contributed by atoms with Crippen LogP contribution in [0.2, 0.25) is 0 Å². The van der Waals surface area contributed by atoms with E-state index in [1.165, 1.54) is 42.8 Å². The first-order valence-corrected chi connectivity index (χ1v) is 6.34. The number of fused-ring (bicyclic) bond motifs is 1. The van der Waals surface area contributed by atoms with Gasteiger partial charge in [0.25, 0.3) is 0 Å². The van der Waals surface area contributed by atoms with E-state index in [9.17, 15) is 0 Å². The summed E-state index contributed by atoms with van der Waals surface area (Å²) in [7, 11) is 2.00. The molecule has 1 aromatic rings. The summed E-state index contributed by atoms with van der Waals surface area (Å²) in [5.74, 6) is 0. The summed E-state index contributed by atoms with van der Waals surface area (Å²) in [4.78, 5) is 6.29. The standard InChI is InChI=1S/C11H18N2S/c1-12-8-7-11-13-9-5-3-2-4-6-10(9)14-11/h12H,2-8H2,1H3. The van der Waals surface area contributed by atoms with Crippen LogP contribution < -0.4 is 5.32 Å². The maximum Gasteiger partial charge on any atom is 0.0943 e. The van der Waals surface area contributed by atoms with E-state index in [-0.39, 0.29) is 0 Å². The molecule has 0 spiro atoms. The van der Waals surface area contributed by atoms with Crippen molar-refractivity contribution < 1.29 is 0 Å². The van der Waals surface area contributed by atoms with Crippen LogP contribution in [0.5, 0.6) is 0 Å². The molecule has 0 amide bonds. The Balaban J connectivity index is 2.06. The fourth-order valence-corrected chi connectivity index (χ4v) is 3.08. The highest BCUT2D eigenvalue weighted by Crippen LogP contribution is 2.25. The van der Waals surface area contributed by atoms with Crippen molar-refractivity contribution in [2.45, 2.75) is 38.5 Å². The zero-order valence-electron chi connectivity index (χ0n) is 8.81. The van der Waals surface area contributed by atoms with E-state index >= 15 is 0 Å². The molecule has 0 saturated carbocycles. The Morgan fingerprint density at radius 2 is 2.14 bits per heavy atom. The van der Waals surface area contributed by atoms with Crippen LogP contribution >= 0.6 is 11.3 Å². The lowest BCUT2D eigenvalue weighted by molar-refractivity contribution is 0.706. The molecule has 0 radical (unpaired) electrons. The molecule has 3 heteroatoms. The fourth-order valence-electron chi connectivity index (χ4n) is 1.92. The van der Waals surface area contributed by atoms with E-state index in [0.29, 0.717) is 0 Å². The van der Waals surface area contributed by atoms with E-state index in [0.717, 1.165) is 13.0 Å². The summed E-state index contributed by atoms with van der Waals surface area (Å²) in [5, 5.41) is 4.50. The van der Waals surface area contributed by atoms with Gasteiger partial charge in [0.2, 0.25) is 0 Å². The first-order valence-electron chi connectivity index (χ1n) is 5.52. The highest BCUT2D eigenvalue weighted by Gasteiger charge is 2.13. The van der Waals surface area contributed by atoms with Crippen LogP contribution in [0.25, 0.3) is 0 Å². The molecule has 78 valence electrons. The monoisotopic (exact) mass is 210 g/mol. The van der Waals surface area contributed by atoms with Gasteiger partial charge in [0.15, 0.2) is 0 Å². The van der Waals surface area contributed by atoms with E-state index in [1.807, 2.05) is 18.4 Å². The number of thiazole rings is 1. The van der Waals surface area contributed by atoms with Gasteiger partial charge in [-0.1, -0.05) is 6.42 Å². The molecular formula is C11H18N2S.